The maximum atomic E-state index is 9.73. The first-order chi connectivity index (χ1) is 12.0. The fourth-order valence-electron chi connectivity index (χ4n) is 4.78. The zero-order valence-corrected chi connectivity index (χ0v) is 15.7. The van der Waals surface area contributed by atoms with Crippen molar-refractivity contribution in [3.05, 3.63) is 17.5 Å². The van der Waals surface area contributed by atoms with E-state index in [0.717, 1.165) is 44.7 Å². The van der Waals surface area contributed by atoms with E-state index < -0.39 is 0 Å². The monoisotopic (exact) mass is 344 g/mol. The Morgan fingerprint density at radius 3 is 2.60 bits per heavy atom. The molecule has 25 heavy (non-hydrogen) atoms. The number of hydrogen-bond acceptors (Lipinski definition) is 5. The van der Waals surface area contributed by atoms with E-state index in [4.69, 9.17) is 9.97 Å². The quantitative estimate of drug-likeness (QED) is 0.883. The number of fused-ring (bicyclic) bond motifs is 1. The van der Waals surface area contributed by atoms with Crippen molar-refractivity contribution >= 4 is 5.95 Å². The van der Waals surface area contributed by atoms with Gasteiger partial charge < -0.3 is 15.3 Å². The lowest BCUT2D eigenvalue weighted by Gasteiger charge is -2.38. The van der Waals surface area contributed by atoms with Crippen LogP contribution in [0.4, 0.5) is 5.95 Å². The average Bonchev–Trinajstić information content (AvgIpc) is 3.07. The maximum absolute atomic E-state index is 9.73. The zero-order valence-electron chi connectivity index (χ0n) is 15.7. The minimum Gasteiger partial charge on any atom is -0.393 e. The van der Waals surface area contributed by atoms with Crippen molar-refractivity contribution in [2.45, 2.75) is 83.4 Å². The third-order valence-corrected chi connectivity index (χ3v) is 6.20. The Morgan fingerprint density at radius 2 is 1.88 bits per heavy atom. The number of nitrogens with zero attached hydrogens (tertiary/aromatic N) is 3. The highest BCUT2D eigenvalue weighted by Gasteiger charge is 2.35. The molecular formula is C20H32N4O. The number of rotatable bonds is 3. The number of aromatic nitrogens is 2. The van der Waals surface area contributed by atoms with Crippen LogP contribution < -0.4 is 10.2 Å². The van der Waals surface area contributed by atoms with Crippen molar-refractivity contribution in [2.75, 3.05) is 18.0 Å². The molecule has 0 spiro atoms. The SMILES string of the molecule is CC1(C)Cc2nc(N3CCC(O)CC3)ncc2C(NC2CCCC2)C1. The van der Waals surface area contributed by atoms with Crippen LogP contribution in [0.2, 0.25) is 0 Å². The van der Waals surface area contributed by atoms with Crippen molar-refractivity contribution in [1.82, 2.24) is 15.3 Å². The first kappa shape index (κ1) is 17.2. The molecule has 1 aliphatic heterocycles. The van der Waals surface area contributed by atoms with Crippen molar-refractivity contribution in [1.29, 1.82) is 0 Å². The number of aliphatic hydroxyl groups is 1. The predicted molar refractivity (Wildman–Crippen MR) is 99.7 cm³/mol. The smallest absolute Gasteiger partial charge is 0.225 e. The zero-order chi connectivity index (χ0) is 17.4. The molecule has 5 heteroatoms. The molecular weight excluding hydrogens is 312 g/mol. The minimum atomic E-state index is -0.159. The summed E-state index contributed by atoms with van der Waals surface area (Å²) in [7, 11) is 0. The van der Waals surface area contributed by atoms with Gasteiger partial charge in [-0.05, 0) is 43.9 Å². The fraction of sp³-hybridized carbons (Fsp3) is 0.800. The number of hydrogen-bond donors (Lipinski definition) is 2. The summed E-state index contributed by atoms with van der Waals surface area (Å²) < 4.78 is 0. The van der Waals surface area contributed by atoms with Gasteiger partial charge in [-0.1, -0.05) is 26.7 Å². The summed E-state index contributed by atoms with van der Waals surface area (Å²) in [5.74, 6) is 0.850. The highest BCUT2D eigenvalue weighted by molar-refractivity contribution is 5.37. The third kappa shape index (κ3) is 3.82. The lowest BCUT2D eigenvalue weighted by Crippen LogP contribution is -2.40. The Labute approximate surface area is 151 Å². The van der Waals surface area contributed by atoms with Crippen molar-refractivity contribution in [2.24, 2.45) is 5.41 Å². The Balaban J connectivity index is 1.56. The summed E-state index contributed by atoms with van der Waals surface area (Å²) in [6, 6.07) is 1.05. The van der Waals surface area contributed by atoms with Crippen molar-refractivity contribution in [3.8, 4) is 0 Å². The first-order valence-corrected chi connectivity index (χ1v) is 10.0. The molecule has 2 N–H and O–H groups in total. The van der Waals surface area contributed by atoms with E-state index >= 15 is 0 Å². The van der Waals surface area contributed by atoms with Crippen LogP contribution in [0.3, 0.4) is 0 Å². The van der Waals surface area contributed by atoms with E-state index in [1.807, 2.05) is 0 Å². The normalized spacial score (nSPS) is 27.5. The summed E-state index contributed by atoms with van der Waals surface area (Å²) in [5, 5.41) is 13.6. The molecule has 5 nitrogen and oxygen atoms in total. The molecule has 3 aliphatic rings. The van der Waals surface area contributed by atoms with Crippen molar-refractivity contribution in [3.63, 3.8) is 0 Å². The van der Waals surface area contributed by atoms with E-state index in [2.05, 4.69) is 30.3 Å². The largest absolute Gasteiger partial charge is 0.393 e. The Hall–Kier alpha value is -1.20. The Kier molecular flexibility index (Phi) is 4.71. The summed E-state index contributed by atoms with van der Waals surface area (Å²) >= 11 is 0. The lowest BCUT2D eigenvalue weighted by atomic mass is 9.74. The van der Waals surface area contributed by atoms with Crippen LogP contribution in [-0.2, 0) is 6.42 Å². The van der Waals surface area contributed by atoms with Gasteiger partial charge in [0.1, 0.15) is 0 Å². The average molecular weight is 345 g/mol. The van der Waals surface area contributed by atoms with Crippen molar-refractivity contribution < 1.29 is 5.11 Å². The molecule has 1 saturated heterocycles. The fourth-order valence-corrected chi connectivity index (χ4v) is 4.78. The van der Waals surface area contributed by atoms with E-state index in [-0.39, 0.29) is 11.5 Å². The maximum Gasteiger partial charge on any atom is 0.225 e. The van der Waals surface area contributed by atoms with E-state index in [1.54, 1.807) is 0 Å². The van der Waals surface area contributed by atoms with Gasteiger partial charge in [0, 0.05) is 36.9 Å². The molecule has 1 saturated carbocycles. The molecule has 2 aliphatic carbocycles. The van der Waals surface area contributed by atoms with Gasteiger partial charge >= 0.3 is 0 Å². The predicted octanol–water partition coefficient (Wildman–Crippen LogP) is 2.98. The third-order valence-electron chi connectivity index (χ3n) is 6.20. The van der Waals surface area contributed by atoms with Gasteiger partial charge in [-0.15, -0.1) is 0 Å². The number of nitrogens with one attached hydrogen (secondary N) is 1. The van der Waals surface area contributed by atoms with Gasteiger partial charge in [-0.2, -0.15) is 0 Å². The summed E-state index contributed by atoms with van der Waals surface area (Å²) in [6.07, 6.45) is 11.1. The molecule has 1 aromatic heterocycles. The highest BCUT2D eigenvalue weighted by Crippen LogP contribution is 2.41. The first-order valence-electron chi connectivity index (χ1n) is 10.0. The van der Waals surface area contributed by atoms with E-state index in [9.17, 15) is 5.11 Å². The molecule has 138 valence electrons. The Morgan fingerprint density at radius 1 is 1.16 bits per heavy atom. The molecule has 1 aromatic rings. The van der Waals surface area contributed by atoms with Gasteiger partial charge in [0.25, 0.3) is 0 Å². The number of aliphatic hydroxyl groups excluding tert-OH is 1. The second kappa shape index (κ2) is 6.84. The van der Waals surface area contributed by atoms with Gasteiger partial charge in [0.05, 0.1) is 11.8 Å². The van der Waals surface area contributed by atoms with Crippen LogP contribution in [0, 0.1) is 5.41 Å². The molecule has 1 atom stereocenters. The summed E-state index contributed by atoms with van der Waals surface area (Å²) in [5.41, 5.74) is 2.81. The molecule has 4 rings (SSSR count). The van der Waals surface area contributed by atoms with Gasteiger partial charge in [-0.25, -0.2) is 9.97 Å². The summed E-state index contributed by atoms with van der Waals surface area (Å²) in [6.45, 7) is 6.43. The molecule has 0 radical (unpaired) electrons. The van der Waals surface area contributed by atoms with Crippen LogP contribution in [-0.4, -0.2) is 40.3 Å². The molecule has 2 heterocycles. The van der Waals surface area contributed by atoms with E-state index in [1.165, 1.54) is 36.9 Å². The van der Waals surface area contributed by atoms with Gasteiger partial charge in [0.2, 0.25) is 5.95 Å². The molecule has 1 unspecified atom stereocenters. The molecule has 0 bridgehead atoms. The number of anilines is 1. The minimum absolute atomic E-state index is 0.159. The van der Waals surface area contributed by atoms with Crippen LogP contribution in [0.15, 0.2) is 6.20 Å². The number of piperidine rings is 1. The standard InChI is InChI=1S/C20H32N4O/c1-20(2)11-17(22-14-5-3-4-6-14)16-13-21-19(23-18(16)12-20)24-9-7-15(25)8-10-24/h13-15,17,22,25H,3-12H2,1-2H3. The topological polar surface area (TPSA) is 61.3 Å². The van der Waals surface area contributed by atoms with Gasteiger partial charge in [0.15, 0.2) is 0 Å². The second-order valence-corrected chi connectivity index (χ2v) is 9.04. The second-order valence-electron chi connectivity index (χ2n) is 9.04. The lowest BCUT2D eigenvalue weighted by molar-refractivity contribution is 0.145. The van der Waals surface area contributed by atoms with Crippen LogP contribution in [0.5, 0.6) is 0 Å². The molecule has 0 aromatic carbocycles. The van der Waals surface area contributed by atoms with Crippen LogP contribution in [0.25, 0.3) is 0 Å². The highest BCUT2D eigenvalue weighted by atomic mass is 16.3. The van der Waals surface area contributed by atoms with Gasteiger partial charge in [-0.3, -0.25) is 0 Å². The van der Waals surface area contributed by atoms with Crippen LogP contribution in [0.1, 0.15) is 76.1 Å². The van der Waals surface area contributed by atoms with E-state index in [0.29, 0.717) is 12.1 Å². The molecule has 0 amide bonds. The summed E-state index contributed by atoms with van der Waals surface area (Å²) in [4.78, 5) is 11.9. The Bertz CT molecular complexity index is 604. The molecule has 2 fully saturated rings. The van der Waals surface area contributed by atoms with Crippen LogP contribution >= 0.6 is 0 Å².